The SMILES string of the molecule is C.C1CC1.C1CCC1. The molecule has 0 aromatic rings. The van der Waals surface area contributed by atoms with Crippen LogP contribution in [0.2, 0.25) is 0 Å². The van der Waals surface area contributed by atoms with Crippen LogP contribution in [0.4, 0.5) is 0 Å². The molecular weight excluding hydrogens is 96.1 g/mol. The molecule has 0 nitrogen and oxygen atoms in total. The van der Waals surface area contributed by atoms with Gasteiger partial charge in [0.1, 0.15) is 0 Å². The summed E-state index contributed by atoms with van der Waals surface area (Å²) >= 11 is 0. The van der Waals surface area contributed by atoms with Crippen molar-refractivity contribution in [2.45, 2.75) is 52.4 Å². The van der Waals surface area contributed by atoms with Gasteiger partial charge in [0.15, 0.2) is 0 Å². The molecule has 0 N–H and O–H groups in total. The third kappa shape index (κ3) is 6.00. The van der Waals surface area contributed by atoms with E-state index in [-0.39, 0.29) is 7.43 Å². The van der Waals surface area contributed by atoms with E-state index in [9.17, 15) is 0 Å². The maximum absolute atomic E-state index is 1.50. The topological polar surface area (TPSA) is 0 Å². The second kappa shape index (κ2) is 5.14. The first-order valence-electron chi connectivity index (χ1n) is 3.50. The minimum absolute atomic E-state index is 0. The molecule has 0 atom stereocenters. The lowest BCUT2D eigenvalue weighted by Crippen LogP contribution is -1.85. The van der Waals surface area contributed by atoms with Gasteiger partial charge in [-0.1, -0.05) is 52.4 Å². The highest BCUT2D eigenvalue weighted by Crippen LogP contribution is 2.15. The van der Waals surface area contributed by atoms with Crippen LogP contribution in [0.5, 0.6) is 0 Å². The second-order valence-corrected chi connectivity index (χ2v) is 2.47. The zero-order valence-electron chi connectivity index (χ0n) is 4.95. The molecule has 0 amide bonds. The Bertz CT molecular complexity index is 26.5. The van der Waals surface area contributed by atoms with Gasteiger partial charge < -0.3 is 0 Å². The summed E-state index contributed by atoms with van der Waals surface area (Å²) in [6.45, 7) is 0. The van der Waals surface area contributed by atoms with Crippen LogP contribution >= 0.6 is 0 Å². The van der Waals surface area contributed by atoms with E-state index in [2.05, 4.69) is 0 Å². The molecule has 0 heteroatoms. The summed E-state index contributed by atoms with van der Waals surface area (Å²) in [5.41, 5.74) is 0. The van der Waals surface area contributed by atoms with Crippen molar-refractivity contribution in [2.75, 3.05) is 0 Å². The summed E-state index contributed by atoms with van der Waals surface area (Å²) in [5, 5.41) is 0. The van der Waals surface area contributed by atoms with Gasteiger partial charge in [-0.3, -0.25) is 0 Å². The van der Waals surface area contributed by atoms with Crippen molar-refractivity contribution in [3.05, 3.63) is 0 Å². The van der Waals surface area contributed by atoms with Crippen molar-refractivity contribution >= 4 is 0 Å². The first kappa shape index (κ1) is 8.00. The maximum atomic E-state index is 1.50. The lowest BCUT2D eigenvalue weighted by Gasteiger charge is -2.05. The van der Waals surface area contributed by atoms with Crippen LogP contribution in [0, 0.1) is 0 Å². The van der Waals surface area contributed by atoms with Gasteiger partial charge in [-0.15, -0.1) is 0 Å². The van der Waals surface area contributed by atoms with Gasteiger partial charge in [-0.05, 0) is 0 Å². The number of hydrogen-bond donors (Lipinski definition) is 0. The van der Waals surface area contributed by atoms with Crippen LogP contribution in [-0.2, 0) is 0 Å². The lowest BCUT2D eigenvalue weighted by molar-refractivity contribution is 0.504. The van der Waals surface area contributed by atoms with Crippen molar-refractivity contribution in [1.82, 2.24) is 0 Å². The van der Waals surface area contributed by atoms with Gasteiger partial charge in [0.05, 0.1) is 0 Å². The monoisotopic (exact) mass is 114 g/mol. The summed E-state index contributed by atoms with van der Waals surface area (Å²) in [6.07, 6.45) is 10.5. The average molecular weight is 114 g/mol. The Morgan fingerprint density at radius 3 is 0.500 bits per heavy atom. The predicted octanol–water partition coefficient (Wildman–Crippen LogP) is 3.37. The fourth-order valence-corrected chi connectivity index (χ4v) is 0.250. The molecule has 2 aliphatic rings. The highest BCUT2D eigenvalue weighted by Gasteiger charge is 1.95. The van der Waals surface area contributed by atoms with E-state index in [4.69, 9.17) is 0 Å². The molecule has 0 radical (unpaired) electrons. The van der Waals surface area contributed by atoms with Crippen LogP contribution in [-0.4, -0.2) is 0 Å². The molecule has 0 heterocycles. The highest BCUT2D eigenvalue weighted by molar-refractivity contribution is 4.51. The van der Waals surface area contributed by atoms with E-state index in [0.29, 0.717) is 0 Å². The van der Waals surface area contributed by atoms with Crippen molar-refractivity contribution < 1.29 is 0 Å². The van der Waals surface area contributed by atoms with Crippen molar-refractivity contribution in [1.29, 1.82) is 0 Å². The Morgan fingerprint density at radius 2 is 0.500 bits per heavy atom. The molecule has 0 aromatic carbocycles. The Labute approximate surface area is 53.3 Å². The van der Waals surface area contributed by atoms with Gasteiger partial charge in [-0.2, -0.15) is 0 Å². The zero-order chi connectivity index (χ0) is 4.95. The highest BCUT2D eigenvalue weighted by atomic mass is 14.0. The van der Waals surface area contributed by atoms with E-state index < -0.39 is 0 Å². The molecule has 0 unspecified atom stereocenters. The van der Waals surface area contributed by atoms with Gasteiger partial charge in [-0.25, -0.2) is 0 Å². The molecular formula is C8H18. The van der Waals surface area contributed by atoms with E-state index in [1.807, 2.05) is 0 Å². The Balaban J connectivity index is 0.000000112. The van der Waals surface area contributed by atoms with E-state index in [1.54, 1.807) is 0 Å². The summed E-state index contributed by atoms with van der Waals surface area (Å²) < 4.78 is 0. The van der Waals surface area contributed by atoms with Crippen molar-refractivity contribution in [3.63, 3.8) is 0 Å². The largest absolute Gasteiger partial charge is 0.0776 e. The molecule has 2 saturated carbocycles. The maximum Gasteiger partial charge on any atom is -0.0533 e. The third-order valence-corrected chi connectivity index (χ3v) is 1.35. The standard InChI is InChI=1S/C4H8.C3H6.CH4/c1-2-4-3-1;1-2-3-1;/h1-4H2;1-3H2;1H4. The Kier molecular flexibility index (Phi) is 5.14. The van der Waals surface area contributed by atoms with Gasteiger partial charge >= 0.3 is 0 Å². The third-order valence-electron chi connectivity index (χ3n) is 1.35. The quantitative estimate of drug-likeness (QED) is 0.453. The first-order chi connectivity index (χ1) is 3.50. The lowest BCUT2D eigenvalue weighted by atomic mass is 10.0. The molecule has 0 aromatic heterocycles. The van der Waals surface area contributed by atoms with Crippen molar-refractivity contribution in [3.8, 4) is 0 Å². The fraction of sp³-hybridized carbons (Fsp3) is 1.00. The normalized spacial score (nSPS) is 21.0. The molecule has 2 fully saturated rings. The van der Waals surface area contributed by atoms with E-state index >= 15 is 0 Å². The molecule has 0 spiro atoms. The summed E-state index contributed by atoms with van der Waals surface area (Å²) in [5.74, 6) is 0. The number of rotatable bonds is 0. The average Bonchev–Trinajstić information content (AvgIpc) is 1.95. The smallest absolute Gasteiger partial charge is 0.0533 e. The van der Waals surface area contributed by atoms with Crippen LogP contribution in [0.3, 0.4) is 0 Å². The molecule has 0 aliphatic heterocycles. The number of hydrogen-bond acceptors (Lipinski definition) is 0. The predicted molar refractivity (Wildman–Crippen MR) is 39.0 cm³/mol. The molecule has 0 bridgehead atoms. The van der Waals surface area contributed by atoms with Crippen LogP contribution < -0.4 is 0 Å². The van der Waals surface area contributed by atoms with E-state index in [0.717, 1.165) is 0 Å². The minimum Gasteiger partial charge on any atom is -0.0776 e. The minimum atomic E-state index is 0. The van der Waals surface area contributed by atoms with Crippen LogP contribution in [0.15, 0.2) is 0 Å². The van der Waals surface area contributed by atoms with Gasteiger partial charge in [0, 0.05) is 0 Å². The van der Waals surface area contributed by atoms with E-state index in [1.165, 1.54) is 44.9 Å². The molecule has 2 rings (SSSR count). The molecule has 2 aliphatic carbocycles. The van der Waals surface area contributed by atoms with Crippen molar-refractivity contribution in [2.24, 2.45) is 0 Å². The van der Waals surface area contributed by atoms with Gasteiger partial charge in [0.2, 0.25) is 0 Å². The second-order valence-electron chi connectivity index (χ2n) is 2.47. The summed E-state index contributed by atoms with van der Waals surface area (Å²) in [4.78, 5) is 0. The Hall–Kier alpha value is 0. The zero-order valence-corrected chi connectivity index (χ0v) is 4.95. The molecule has 8 heavy (non-hydrogen) atoms. The summed E-state index contributed by atoms with van der Waals surface area (Å²) in [6, 6.07) is 0. The Morgan fingerprint density at radius 1 is 0.375 bits per heavy atom. The summed E-state index contributed by atoms with van der Waals surface area (Å²) in [7, 11) is 0. The molecule has 0 saturated heterocycles. The van der Waals surface area contributed by atoms with Gasteiger partial charge in [0.25, 0.3) is 0 Å². The van der Waals surface area contributed by atoms with Crippen LogP contribution in [0.25, 0.3) is 0 Å². The fourth-order valence-electron chi connectivity index (χ4n) is 0.250. The van der Waals surface area contributed by atoms with Crippen LogP contribution in [0.1, 0.15) is 52.4 Å². The molecule has 50 valence electrons. The first-order valence-corrected chi connectivity index (χ1v) is 3.50.